The number of anilines is 1. The number of alkyl halides is 3. The molecule has 1 aromatic carbocycles. The van der Waals surface area contributed by atoms with E-state index in [2.05, 4.69) is 17.6 Å². The maximum atomic E-state index is 12.7. The van der Waals surface area contributed by atoms with Gasteiger partial charge in [-0.2, -0.15) is 13.2 Å². The van der Waals surface area contributed by atoms with Gasteiger partial charge in [0.15, 0.2) is 0 Å². The maximum Gasteiger partial charge on any atom is 0.431 e. The lowest BCUT2D eigenvalue weighted by Gasteiger charge is -2.34. The first-order valence-electron chi connectivity index (χ1n) is 9.17. The summed E-state index contributed by atoms with van der Waals surface area (Å²) in [5, 5.41) is 6.29. The Bertz CT molecular complexity index is 937. The molecule has 1 aliphatic heterocycles. The Morgan fingerprint density at radius 3 is 2.64 bits per heavy atom. The Morgan fingerprint density at radius 1 is 1.25 bits per heavy atom. The molecule has 2 heterocycles. The van der Waals surface area contributed by atoms with Crippen LogP contribution in [0.25, 0.3) is 0 Å². The van der Waals surface area contributed by atoms with Gasteiger partial charge in [0.05, 0.1) is 6.04 Å². The molecule has 3 rings (SSSR count). The molecule has 1 aliphatic rings. The van der Waals surface area contributed by atoms with E-state index in [-0.39, 0.29) is 17.6 Å². The molecule has 2 atom stereocenters. The molecule has 1 amide bonds. The third kappa shape index (κ3) is 4.21. The zero-order valence-electron chi connectivity index (χ0n) is 15.6. The normalized spacial score (nSPS) is 18.9. The summed E-state index contributed by atoms with van der Waals surface area (Å²) in [5.74, 6) is -0.691. The Balaban J connectivity index is 1.86. The highest BCUT2D eigenvalue weighted by Crippen LogP contribution is 2.34. The molecule has 1 unspecified atom stereocenters. The van der Waals surface area contributed by atoms with Gasteiger partial charge in [-0.25, -0.2) is 0 Å². The third-order valence-corrected chi connectivity index (χ3v) is 4.87. The van der Waals surface area contributed by atoms with Crippen LogP contribution in [-0.2, 0) is 6.18 Å². The number of benzene rings is 1. The van der Waals surface area contributed by atoms with Gasteiger partial charge in [0.1, 0.15) is 11.3 Å². The zero-order chi connectivity index (χ0) is 20.5. The van der Waals surface area contributed by atoms with Crippen LogP contribution in [0.1, 0.15) is 59.4 Å². The number of H-pyrrole nitrogens is 1. The van der Waals surface area contributed by atoms with Crippen molar-refractivity contribution in [2.45, 2.75) is 51.4 Å². The highest BCUT2D eigenvalue weighted by atomic mass is 19.4. The minimum Gasteiger partial charge on any atom is -0.382 e. The van der Waals surface area contributed by atoms with E-state index in [0.29, 0.717) is 12.5 Å². The quantitative estimate of drug-likeness (QED) is 0.730. The molecule has 0 spiro atoms. The summed E-state index contributed by atoms with van der Waals surface area (Å²) < 4.78 is 38.1. The fourth-order valence-electron chi connectivity index (χ4n) is 3.52. The molecule has 0 saturated heterocycles. The lowest BCUT2D eigenvalue weighted by atomic mass is 9.90. The highest BCUT2D eigenvalue weighted by Gasteiger charge is 2.33. The second kappa shape index (κ2) is 7.69. The van der Waals surface area contributed by atoms with E-state index in [9.17, 15) is 22.8 Å². The first-order chi connectivity index (χ1) is 13.2. The van der Waals surface area contributed by atoms with Gasteiger partial charge < -0.3 is 15.6 Å². The lowest BCUT2D eigenvalue weighted by molar-refractivity contribution is -0.141. The number of pyridine rings is 1. The monoisotopic (exact) mass is 393 g/mol. The van der Waals surface area contributed by atoms with Crippen LogP contribution in [0, 0.1) is 6.92 Å². The molecule has 0 bridgehead atoms. The van der Waals surface area contributed by atoms with Crippen molar-refractivity contribution in [3.8, 4) is 0 Å². The van der Waals surface area contributed by atoms with Crippen molar-refractivity contribution in [2.75, 3.05) is 5.32 Å². The SMILES string of the molecule is CCC[C@@H]1CC(NC(=O)c2ccc(C(F)(F)F)[nH]c2=O)c2ccc(C)cc2N1. The molecule has 1 aromatic heterocycles. The number of fused-ring (bicyclic) bond motifs is 1. The molecular weight excluding hydrogens is 371 g/mol. The van der Waals surface area contributed by atoms with E-state index in [1.165, 1.54) is 0 Å². The van der Waals surface area contributed by atoms with E-state index in [0.717, 1.165) is 35.7 Å². The smallest absolute Gasteiger partial charge is 0.382 e. The number of aryl methyl sites for hydroxylation is 1. The van der Waals surface area contributed by atoms with E-state index >= 15 is 0 Å². The van der Waals surface area contributed by atoms with Gasteiger partial charge in [-0.05, 0) is 49.1 Å². The number of aromatic nitrogens is 1. The van der Waals surface area contributed by atoms with Crippen LogP contribution < -0.4 is 16.2 Å². The lowest BCUT2D eigenvalue weighted by Crippen LogP contribution is -2.39. The minimum atomic E-state index is -4.67. The average molecular weight is 393 g/mol. The topological polar surface area (TPSA) is 74.0 Å². The largest absolute Gasteiger partial charge is 0.431 e. The van der Waals surface area contributed by atoms with E-state index in [4.69, 9.17) is 0 Å². The van der Waals surface area contributed by atoms with E-state index in [1.807, 2.05) is 25.1 Å². The fourth-order valence-corrected chi connectivity index (χ4v) is 3.52. The van der Waals surface area contributed by atoms with Gasteiger partial charge in [0, 0.05) is 11.7 Å². The molecule has 8 heteroatoms. The molecule has 0 fully saturated rings. The van der Waals surface area contributed by atoms with Crippen LogP contribution in [-0.4, -0.2) is 16.9 Å². The van der Waals surface area contributed by atoms with E-state index in [1.54, 1.807) is 4.98 Å². The molecule has 0 saturated carbocycles. The Hall–Kier alpha value is -2.77. The van der Waals surface area contributed by atoms with Crippen LogP contribution >= 0.6 is 0 Å². The summed E-state index contributed by atoms with van der Waals surface area (Å²) in [6, 6.07) is 7.31. The molecule has 0 aliphatic carbocycles. The minimum absolute atomic E-state index is 0.162. The second-order valence-electron chi connectivity index (χ2n) is 7.09. The van der Waals surface area contributed by atoms with Crippen molar-refractivity contribution in [2.24, 2.45) is 0 Å². The summed E-state index contributed by atoms with van der Waals surface area (Å²) in [4.78, 5) is 26.3. The molecular formula is C20H22F3N3O2. The number of hydrogen-bond acceptors (Lipinski definition) is 3. The number of amides is 1. The molecule has 3 N–H and O–H groups in total. The molecule has 150 valence electrons. The molecule has 0 radical (unpaired) electrons. The Labute approximate surface area is 160 Å². The maximum absolute atomic E-state index is 12.7. The predicted octanol–water partition coefficient (Wildman–Crippen LogP) is 4.16. The van der Waals surface area contributed by atoms with E-state index < -0.39 is 23.3 Å². The van der Waals surface area contributed by atoms with Gasteiger partial charge in [-0.15, -0.1) is 0 Å². The van der Waals surface area contributed by atoms with Crippen molar-refractivity contribution in [3.63, 3.8) is 0 Å². The van der Waals surface area contributed by atoms with Crippen LogP contribution in [0.5, 0.6) is 0 Å². The van der Waals surface area contributed by atoms with Crippen LogP contribution in [0.4, 0.5) is 18.9 Å². The van der Waals surface area contributed by atoms with Crippen molar-refractivity contribution in [1.29, 1.82) is 0 Å². The Morgan fingerprint density at radius 2 is 2.00 bits per heavy atom. The van der Waals surface area contributed by atoms with Crippen LogP contribution in [0.15, 0.2) is 35.1 Å². The van der Waals surface area contributed by atoms with Gasteiger partial charge in [-0.3, -0.25) is 9.59 Å². The predicted molar refractivity (Wildman–Crippen MR) is 100 cm³/mol. The van der Waals surface area contributed by atoms with Crippen molar-refractivity contribution >= 4 is 11.6 Å². The van der Waals surface area contributed by atoms with Crippen LogP contribution in [0.3, 0.4) is 0 Å². The third-order valence-electron chi connectivity index (χ3n) is 4.87. The highest BCUT2D eigenvalue weighted by molar-refractivity contribution is 5.94. The number of carbonyl (C=O) groups is 1. The van der Waals surface area contributed by atoms with Crippen molar-refractivity contribution < 1.29 is 18.0 Å². The summed E-state index contributed by atoms with van der Waals surface area (Å²) in [6.45, 7) is 4.05. The summed E-state index contributed by atoms with van der Waals surface area (Å²) >= 11 is 0. The number of halogens is 3. The summed E-state index contributed by atoms with van der Waals surface area (Å²) in [6.07, 6.45) is -2.15. The number of hydrogen-bond donors (Lipinski definition) is 3. The van der Waals surface area contributed by atoms with Gasteiger partial charge in [-0.1, -0.05) is 25.5 Å². The summed E-state index contributed by atoms with van der Waals surface area (Å²) in [5.41, 5.74) is 0.320. The zero-order valence-corrected chi connectivity index (χ0v) is 15.6. The summed E-state index contributed by atoms with van der Waals surface area (Å²) in [7, 11) is 0. The number of nitrogens with one attached hydrogen (secondary N) is 3. The molecule has 28 heavy (non-hydrogen) atoms. The van der Waals surface area contributed by atoms with Gasteiger partial charge >= 0.3 is 6.18 Å². The number of rotatable bonds is 4. The van der Waals surface area contributed by atoms with Gasteiger partial charge in [0.2, 0.25) is 0 Å². The fraction of sp³-hybridized carbons (Fsp3) is 0.400. The molecule has 5 nitrogen and oxygen atoms in total. The first-order valence-corrected chi connectivity index (χ1v) is 9.17. The Kier molecular flexibility index (Phi) is 5.49. The second-order valence-corrected chi connectivity index (χ2v) is 7.09. The number of aromatic amines is 1. The first kappa shape index (κ1) is 20.0. The number of carbonyl (C=O) groups excluding carboxylic acids is 1. The van der Waals surface area contributed by atoms with Crippen molar-refractivity contribution in [3.05, 3.63) is 63.1 Å². The molecule has 2 aromatic rings. The average Bonchev–Trinajstić information content (AvgIpc) is 2.60. The standard InChI is InChI=1S/C20H22F3N3O2/c1-3-4-12-10-16(13-6-5-11(2)9-15(13)24-12)25-18(27)14-7-8-17(20(21,22)23)26-19(14)28/h5-9,12,16,24H,3-4,10H2,1-2H3,(H,25,27)(H,26,28)/t12-,16?/m1/s1. The van der Waals surface area contributed by atoms with Gasteiger partial charge in [0.25, 0.3) is 11.5 Å². The van der Waals surface area contributed by atoms with Crippen LogP contribution in [0.2, 0.25) is 0 Å². The van der Waals surface area contributed by atoms with Crippen molar-refractivity contribution in [1.82, 2.24) is 10.3 Å².